The van der Waals surface area contributed by atoms with Crippen LogP contribution in [0.3, 0.4) is 0 Å². The maximum Gasteiger partial charge on any atom is 0.123 e. The molecule has 0 aliphatic carbocycles. The smallest absolute Gasteiger partial charge is 0.123 e. The molecule has 1 heterocycles. The Morgan fingerprint density at radius 2 is 2.38 bits per heavy atom. The van der Waals surface area contributed by atoms with Crippen LogP contribution >= 0.6 is 0 Å². The SMILES string of the molecule is C=CC(O)c1ccc2c(c1)CC[C@@H](CO)O2. The van der Waals surface area contributed by atoms with E-state index in [1.54, 1.807) is 0 Å². The minimum atomic E-state index is -0.624. The lowest BCUT2D eigenvalue weighted by atomic mass is 9.98. The minimum absolute atomic E-state index is 0.0521. The van der Waals surface area contributed by atoms with E-state index in [-0.39, 0.29) is 12.7 Å². The first kappa shape index (κ1) is 11.2. The zero-order valence-electron chi connectivity index (χ0n) is 9.10. The van der Waals surface area contributed by atoms with Crippen LogP contribution in [0.4, 0.5) is 0 Å². The molecule has 3 nitrogen and oxygen atoms in total. The second-order valence-corrected chi connectivity index (χ2v) is 4.01. The molecule has 0 saturated carbocycles. The van der Waals surface area contributed by atoms with Gasteiger partial charge in [0.2, 0.25) is 0 Å². The normalized spacial score (nSPS) is 20.8. The Balaban J connectivity index is 2.24. The van der Waals surface area contributed by atoms with E-state index in [0.717, 1.165) is 29.7 Å². The third-order valence-corrected chi connectivity index (χ3v) is 2.88. The zero-order chi connectivity index (χ0) is 11.5. The second kappa shape index (κ2) is 4.68. The number of rotatable bonds is 3. The minimum Gasteiger partial charge on any atom is -0.488 e. The third-order valence-electron chi connectivity index (χ3n) is 2.88. The van der Waals surface area contributed by atoms with Crippen LogP contribution in [-0.4, -0.2) is 22.9 Å². The van der Waals surface area contributed by atoms with E-state index in [9.17, 15) is 5.11 Å². The fourth-order valence-electron chi connectivity index (χ4n) is 1.91. The van der Waals surface area contributed by atoms with Crippen molar-refractivity contribution < 1.29 is 14.9 Å². The van der Waals surface area contributed by atoms with Gasteiger partial charge >= 0.3 is 0 Å². The molecule has 0 radical (unpaired) electrons. The van der Waals surface area contributed by atoms with Gasteiger partial charge in [-0.25, -0.2) is 0 Å². The number of aliphatic hydroxyl groups is 2. The molecule has 3 heteroatoms. The summed E-state index contributed by atoms with van der Waals surface area (Å²) in [6.45, 7) is 3.61. The van der Waals surface area contributed by atoms with Gasteiger partial charge in [0.25, 0.3) is 0 Å². The Labute approximate surface area is 95.0 Å². The molecule has 0 aromatic heterocycles. The largest absolute Gasteiger partial charge is 0.488 e. The average molecular weight is 220 g/mol. The van der Waals surface area contributed by atoms with Crippen LogP contribution < -0.4 is 4.74 Å². The quantitative estimate of drug-likeness (QED) is 0.760. The van der Waals surface area contributed by atoms with Gasteiger partial charge in [0.1, 0.15) is 11.9 Å². The molecule has 16 heavy (non-hydrogen) atoms. The molecule has 1 aromatic rings. The molecule has 0 spiro atoms. The van der Waals surface area contributed by atoms with Crippen LogP contribution in [0.2, 0.25) is 0 Å². The lowest BCUT2D eigenvalue weighted by molar-refractivity contribution is 0.0976. The topological polar surface area (TPSA) is 49.7 Å². The number of hydrogen-bond acceptors (Lipinski definition) is 3. The highest BCUT2D eigenvalue weighted by Crippen LogP contribution is 2.30. The van der Waals surface area contributed by atoms with E-state index >= 15 is 0 Å². The third kappa shape index (κ3) is 2.10. The van der Waals surface area contributed by atoms with Crippen molar-refractivity contribution in [3.63, 3.8) is 0 Å². The number of hydrogen-bond donors (Lipinski definition) is 2. The van der Waals surface area contributed by atoms with Crippen LogP contribution in [0.15, 0.2) is 30.9 Å². The van der Waals surface area contributed by atoms with E-state index in [0.29, 0.717) is 0 Å². The monoisotopic (exact) mass is 220 g/mol. The summed E-state index contributed by atoms with van der Waals surface area (Å²) in [5.41, 5.74) is 1.92. The second-order valence-electron chi connectivity index (χ2n) is 4.01. The summed E-state index contributed by atoms with van der Waals surface area (Å²) in [7, 11) is 0. The fourth-order valence-corrected chi connectivity index (χ4v) is 1.91. The fraction of sp³-hybridized carbons (Fsp3) is 0.385. The van der Waals surface area contributed by atoms with Gasteiger partial charge in [0.05, 0.1) is 12.7 Å². The molecule has 2 N–H and O–H groups in total. The predicted molar refractivity (Wildman–Crippen MR) is 61.4 cm³/mol. The van der Waals surface area contributed by atoms with Gasteiger partial charge < -0.3 is 14.9 Å². The number of ether oxygens (including phenoxy) is 1. The van der Waals surface area contributed by atoms with Crippen molar-refractivity contribution >= 4 is 0 Å². The van der Waals surface area contributed by atoms with Crippen molar-refractivity contribution in [3.05, 3.63) is 42.0 Å². The van der Waals surface area contributed by atoms with Gasteiger partial charge in [-0.15, -0.1) is 6.58 Å². The standard InChI is InChI=1S/C13H16O3/c1-2-12(15)9-4-6-13-10(7-9)3-5-11(8-14)16-13/h2,4,6-7,11-12,14-15H,1,3,5,8H2/t11-,12?/m0/s1. The van der Waals surface area contributed by atoms with Gasteiger partial charge in [-0.1, -0.05) is 12.1 Å². The summed E-state index contributed by atoms with van der Waals surface area (Å²) in [5, 5.41) is 18.6. The summed E-state index contributed by atoms with van der Waals surface area (Å²) < 4.78 is 5.59. The van der Waals surface area contributed by atoms with Crippen molar-refractivity contribution in [2.45, 2.75) is 25.0 Å². The predicted octanol–water partition coefficient (Wildman–Crippen LogP) is 1.59. The lowest BCUT2D eigenvalue weighted by Gasteiger charge is -2.25. The van der Waals surface area contributed by atoms with Crippen molar-refractivity contribution in [2.24, 2.45) is 0 Å². The van der Waals surface area contributed by atoms with Crippen LogP contribution in [-0.2, 0) is 6.42 Å². The molecule has 2 atom stereocenters. The average Bonchev–Trinajstić information content (AvgIpc) is 2.36. The highest BCUT2D eigenvalue weighted by molar-refractivity contribution is 5.40. The van der Waals surface area contributed by atoms with Crippen molar-refractivity contribution in [3.8, 4) is 5.75 Å². The first-order chi connectivity index (χ1) is 7.74. The molecule has 1 aliphatic heterocycles. The lowest BCUT2D eigenvalue weighted by Crippen LogP contribution is -2.26. The molecule has 1 aliphatic rings. The van der Waals surface area contributed by atoms with Crippen LogP contribution in [0.25, 0.3) is 0 Å². The number of aryl methyl sites for hydroxylation is 1. The Morgan fingerprint density at radius 1 is 1.56 bits per heavy atom. The van der Waals surface area contributed by atoms with E-state index in [1.807, 2.05) is 18.2 Å². The van der Waals surface area contributed by atoms with E-state index in [1.165, 1.54) is 6.08 Å². The van der Waals surface area contributed by atoms with Gasteiger partial charge in [-0.2, -0.15) is 0 Å². The number of aliphatic hydroxyl groups excluding tert-OH is 2. The Morgan fingerprint density at radius 3 is 3.06 bits per heavy atom. The van der Waals surface area contributed by atoms with E-state index in [2.05, 4.69) is 6.58 Å². The first-order valence-electron chi connectivity index (χ1n) is 5.45. The van der Waals surface area contributed by atoms with Crippen LogP contribution in [0.1, 0.15) is 23.7 Å². The maximum atomic E-state index is 9.63. The van der Waals surface area contributed by atoms with Crippen molar-refractivity contribution in [2.75, 3.05) is 6.61 Å². The molecule has 2 rings (SSSR count). The molecule has 1 unspecified atom stereocenters. The zero-order valence-corrected chi connectivity index (χ0v) is 9.10. The number of benzene rings is 1. The van der Waals surface area contributed by atoms with E-state index in [4.69, 9.17) is 9.84 Å². The highest BCUT2D eigenvalue weighted by Gasteiger charge is 2.19. The van der Waals surface area contributed by atoms with Gasteiger partial charge in [0, 0.05) is 0 Å². The molecule has 0 bridgehead atoms. The molecular weight excluding hydrogens is 204 g/mol. The van der Waals surface area contributed by atoms with Crippen molar-refractivity contribution in [1.29, 1.82) is 0 Å². The number of fused-ring (bicyclic) bond motifs is 1. The molecule has 1 aromatic carbocycles. The van der Waals surface area contributed by atoms with Gasteiger partial charge in [0.15, 0.2) is 0 Å². The Bertz CT molecular complexity index is 387. The molecule has 86 valence electrons. The molecule has 0 amide bonds. The highest BCUT2D eigenvalue weighted by atomic mass is 16.5. The molecule has 0 fully saturated rings. The van der Waals surface area contributed by atoms with Crippen LogP contribution in [0, 0.1) is 0 Å². The first-order valence-corrected chi connectivity index (χ1v) is 5.45. The summed E-state index contributed by atoms with van der Waals surface area (Å²) in [6.07, 6.45) is 2.47. The van der Waals surface area contributed by atoms with E-state index < -0.39 is 6.10 Å². The summed E-state index contributed by atoms with van der Waals surface area (Å²) in [4.78, 5) is 0. The van der Waals surface area contributed by atoms with Crippen molar-refractivity contribution in [1.82, 2.24) is 0 Å². The maximum absolute atomic E-state index is 9.63. The Hall–Kier alpha value is -1.32. The summed E-state index contributed by atoms with van der Waals surface area (Å²) in [5.74, 6) is 0.810. The summed E-state index contributed by atoms with van der Waals surface area (Å²) in [6, 6.07) is 5.61. The molecular formula is C13H16O3. The molecule has 0 saturated heterocycles. The Kier molecular flexibility index (Phi) is 3.27. The van der Waals surface area contributed by atoms with Gasteiger partial charge in [-0.05, 0) is 36.1 Å². The van der Waals surface area contributed by atoms with Gasteiger partial charge in [-0.3, -0.25) is 0 Å². The van der Waals surface area contributed by atoms with Crippen LogP contribution in [0.5, 0.6) is 5.75 Å². The summed E-state index contributed by atoms with van der Waals surface area (Å²) >= 11 is 0.